The third-order valence-electron chi connectivity index (χ3n) is 2.46. The third-order valence-corrected chi connectivity index (χ3v) is 2.67. The van der Waals surface area contributed by atoms with Crippen LogP contribution in [-0.2, 0) is 4.74 Å². The average molecular weight is 245 g/mol. The van der Waals surface area contributed by atoms with Gasteiger partial charge in [0.25, 0.3) is 0 Å². The number of hydrogen-bond donors (Lipinski definition) is 2. The van der Waals surface area contributed by atoms with Gasteiger partial charge in [-0.15, -0.1) is 0 Å². The van der Waals surface area contributed by atoms with Gasteiger partial charge in [-0.25, -0.2) is 4.98 Å². The SMILES string of the molecule is CCCC(OC)C(O)c1cc(Cl)cnc1N. The summed E-state index contributed by atoms with van der Waals surface area (Å²) in [6.45, 7) is 2.03. The van der Waals surface area contributed by atoms with E-state index in [9.17, 15) is 5.11 Å². The highest BCUT2D eigenvalue weighted by Crippen LogP contribution is 2.27. The molecule has 0 aliphatic carbocycles. The zero-order chi connectivity index (χ0) is 12.1. The van der Waals surface area contributed by atoms with Crippen LogP contribution in [0.25, 0.3) is 0 Å². The molecular formula is C11H17ClN2O2. The fourth-order valence-electron chi connectivity index (χ4n) is 1.59. The highest BCUT2D eigenvalue weighted by Gasteiger charge is 2.22. The molecular weight excluding hydrogens is 228 g/mol. The number of aliphatic hydroxyl groups is 1. The van der Waals surface area contributed by atoms with Crippen LogP contribution in [0.15, 0.2) is 12.3 Å². The van der Waals surface area contributed by atoms with Crippen LogP contribution in [0.4, 0.5) is 5.82 Å². The van der Waals surface area contributed by atoms with Crippen molar-refractivity contribution in [2.75, 3.05) is 12.8 Å². The average Bonchev–Trinajstić information content (AvgIpc) is 2.28. The molecule has 2 unspecified atom stereocenters. The van der Waals surface area contributed by atoms with Crippen molar-refractivity contribution in [3.63, 3.8) is 0 Å². The molecule has 0 fully saturated rings. The molecule has 2 atom stereocenters. The summed E-state index contributed by atoms with van der Waals surface area (Å²) in [6.07, 6.45) is 2.05. The molecule has 0 radical (unpaired) electrons. The molecule has 16 heavy (non-hydrogen) atoms. The van der Waals surface area contributed by atoms with Crippen LogP contribution in [0.5, 0.6) is 0 Å². The predicted molar refractivity (Wildman–Crippen MR) is 64.3 cm³/mol. The molecule has 1 aromatic heterocycles. The van der Waals surface area contributed by atoms with E-state index in [1.54, 1.807) is 13.2 Å². The predicted octanol–water partition coefficient (Wildman–Crippen LogP) is 2.17. The largest absolute Gasteiger partial charge is 0.386 e. The Hall–Kier alpha value is -0.840. The maximum absolute atomic E-state index is 10.1. The Morgan fingerprint density at radius 1 is 1.62 bits per heavy atom. The summed E-state index contributed by atoms with van der Waals surface area (Å²) in [5.74, 6) is 0.287. The van der Waals surface area contributed by atoms with Crippen molar-refractivity contribution in [3.8, 4) is 0 Å². The van der Waals surface area contributed by atoms with Gasteiger partial charge < -0.3 is 15.6 Å². The Morgan fingerprint density at radius 2 is 2.31 bits per heavy atom. The van der Waals surface area contributed by atoms with E-state index in [-0.39, 0.29) is 11.9 Å². The van der Waals surface area contributed by atoms with Gasteiger partial charge in [0.2, 0.25) is 0 Å². The third kappa shape index (κ3) is 3.07. The number of halogens is 1. The van der Waals surface area contributed by atoms with Gasteiger partial charge in [0.05, 0.1) is 11.1 Å². The molecule has 0 spiro atoms. The summed E-state index contributed by atoms with van der Waals surface area (Å²) >= 11 is 5.82. The number of ether oxygens (including phenoxy) is 1. The van der Waals surface area contributed by atoms with Gasteiger partial charge in [-0.1, -0.05) is 24.9 Å². The van der Waals surface area contributed by atoms with E-state index < -0.39 is 6.10 Å². The molecule has 1 heterocycles. The maximum atomic E-state index is 10.1. The molecule has 0 saturated heterocycles. The lowest BCUT2D eigenvalue weighted by atomic mass is 10.0. The van der Waals surface area contributed by atoms with E-state index in [1.165, 1.54) is 6.20 Å². The molecule has 1 rings (SSSR count). The van der Waals surface area contributed by atoms with Crippen LogP contribution in [0.2, 0.25) is 5.02 Å². The van der Waals surface area contributed by atoms with Crippen molar-refractivity contribution in [2.45, 2.75) is 32.0 Å². The first-order chi connectivity index (χ1) is 7.60. The lowest BCUT2D eigenvalue weighted by Gasteiger charge is -2.22. The second-order valence-electron chi connectivity index (χ2n) is 3.64. The Kier molecular flexibility index (Phi) is 4.99. The zero-order valence-corrected chi connectivity index (χ0v) is 10.2. The second-order valence-corrected chi connectivity index (χ2v) is 4.07. The van der Waals surface area contributed by atoms with Crippen molar-refractivity contribution in [1.29, 1.82) is 0 Å². The minimum atomic E-state index is -0.795. The lowest BCUT2D eigenvalue weighted by Crippen LogP contribution is -2.22. The van der Waals surface area contributed by atoms with Crippen LogP contribution < -0.4 is 5.73 Å². The van der Waals surface area contributed by atoms with Crippen molar-refractivity contribution < 1.29 is 9.84 Å². The van der Waals surface area contributed by atoms with Crippen LogP contribution in [0, 0.1) is 0 Å². The quantitative estimate of drug-likeness (QED) is 0.833. The first kappa shape index (κ1) is 13.2. The number of nitrogens with zero attached hydrogens (tertiary/aromatic N) is 1. The van der Waals surface area contributed by atoms with E-state index >= 15 is 0 Å². The zero-order valence-electron chi connectivity index (χ0n) is 9.48. The van der Waals surface area contributed by atoms with Gasteiger partial charge in [0.15, 0.2) is 0 Å². The first-order valence-corrected chi connectivity index (χ1v) is 5.59. The molecule has 90 valence electrons. The second kappa shape index (κ2) is 6.03. The summed E-state index contributed by atoms with van der Waals surface area (Å²) in [4.78, 5) is 3.91. The summed E-state index contributed by atoms with van der Waals surface area (Å²) in [7, 11) is 1.57. The van der Waals surface area contributed by atoms with Gasteiger partial charge in [0.1, 0.15) is 11.9 Å². The molecule has 0 aromatic carbocycles. The lowest BCUT2D eigenvalue weighted by molar-refractivity contribution is -0.0177. The topological polar surface area (TPSA) is 68.4 Å². The molecule has 0 saturated carbocycles. The number of hydrogen-bond acceptors (Lipinski definition) is 4. The number of aromatic nitrogens is 1. The molecule has 0 amide bonds. The molecule has 0 aliphatic heterocycles. The summed E-state index contributed by atoms with van der Waals surface area (Å²) in [6, 6.07) is 1.62. The van der Waals surface area contributed by atoms with Gasteiger partial charge in [-0.3, -0.25) is 0 Å². The summed E-state index contributed by atoms with van der Waals surface area (Å²) < 4.78 is 5.23. The monoisotopic (exact) mass is 244 g/mol. The fraction of sp³-hybridized carbons (Fsp3) is 0.545. The normalized spacial score (nSPS) is 14.8. The van der Waals surface area contributed by atoms with Crippen molar-refractivity contribution in [1.82, 2.24) is 4.98 Å². The molecule has 3 N–H and O–H groups in total. The Balaban J connectivity index is 2.93. The minimum absolute atomic E-state index is 0.285. The maximum Gasteiger partial charge on any atom is 0.129 e. The summed E-state index contributed by atoms with van der Waals surface area (Å²) in [5, 5.41) is 10.6. The van der Waals surface area contributed by atoms with Crippen molar-refractivity contribution in [2.24, 2.45) is 0 Å². The number of methoxy groups -OCH3 is 1. The number of rotatable bonds is 5. The van der Waals surface area contributed by atoms with Gasteiger partial charge in [0, 0.05) is 18.9 Å². The van der Waals surface area contributed by atoms with Gasteiger partial charge >= 0.3 is 0 Å². The Morgan fingerprint density at radius 3 is 2.88 bits per heavy atom. The number of aliphatic hydroxyl groups excluding tert-OH is 1. The molecule has 5 heteroatoms. The van der Waals surface area contributed by atoms with E-state index in [4.69, 9.17) is 22.1 Å². The van der Waals surface area contributed by atoms with Crippen LogP contribution in [0.3, 0.4) is 0 Å². The standard InChI is InChI=1S/C11H17ClN2O2/c1-3-4-9(16-2)10(15)8-5-7(12)6-14-11(8)13/h5-6,9-10,15H,3-4H2,1-2H3,(H2,13,14). The van der Waals surface area contributed by atoms with Crippen LogP contribution >= 0.6 is 11.6 Å². The van der Waals surface area contributed by atoms with Crippen LogP contribution in [0.1, 0.15) is 31.4 Å². The number of nitrogen functional groups attached to an aromatic ring is 1. The van der Waals surface area contributed by atoms with Gasteiger partial charge in [-0.05, 0) is 12.5 Å². The Labute approximate surface area is 100 Å². The van der Waals surface area contributed by atoms with Crippen LogP contribution in [-0.4, -0.2) is 23.3 Å². The van der Waals surface area contributed by atoms with Crippen molar-refractivity contribution >= 4 is 17.4 Å². The molecule has 0 bridgehead atoms. The molecule has 1 aromatic rings. The minimum Gasteiger partial charge on any atom is -0.386 e. The summed E-state index contributed by atoms with van der Waals surface area (Å²) in [5.41, 5.74) is 6.21. The van der Waals surface area contributed by atoms with Crippen molar-refractivity contribution in [3.05, 3.63) is 22.8 Å². The smallest absolute Gasteiger partial charge is 0.129 e. The van der Waals surface area contributed by atoms with E-state index in [0.717, 1.165) is 12.8 Å². The fourth-order valence-corrected chi connectivity index (χ4v) is 1.76. The van der Waals surface area contributed by atoms with E-state index in [1.807, 2.05) is 6.92 Å². The highest BCUT2D eigenvalue weighted by atomic mass is 35.5. The Bertz CT molecular complexity index is 347. The van der Waals surface area contributed by atoms with E-state index in [0.29, 0.717) is 10.6 Å². The van der Waals surface area contributed by atoms with Gasteiger partial charge in [-0.2, -0.15) is 0 Å². The van der Waals surface area contributed by atoms with E-state index in [2.05, 4.69) is 4.98 Å². The number of pyridine rings is 1. The molecule has 4 nitrogen and oxygen atoms in total. The molecule has 0 aliphatic rings. The first-order valence-electron chi connectivity index (χ1n) is 5.22. The number of anilines is 1. The number of nitrogens with two attached hydrogens (primary N) is 1. The highest BCUT2D eigenvalue weighted by molar-refractivity contribution is 6.30.